The largest absolute Gasteiger partial charge is 0.421 e. The second-order valence-corrected chi connectivity index (χ2v) is 11.6. The number of pyridine rings is 1. The number of amides is 1. The minimum atomic E-state index is -0.505. The monoisotopic (exact) mass is 595 g/mol. The predicted octanol–water partition coefficient (Wildman–Crippen LogP) is 6.41. The van der Waals surface area contributed by atoms with E-state index in [1.807, 2.05) is 6.07 Å². The van der Waals surface area contributed by atoms with Crippen LogP contribution in [-0.2, 0) is 11.2 Å². The number of dihydropyridines is 1. The third-order valence-corrected chi connectivity index (χ3v) is 8.52. The van der Waals surface area contributed by atoms with Crippen molar-refractivity contribution in [3.63, 3.8) is 0 Å². The number of halogens is 2. The van der Waals surface area contributed by atoms with E-state index in [4.69, 9.17) is 10.2 Å². The van der Waals surface area contributed by atoms with E-state index in [1.54, 1.807) is 36.6 Å². The second kappa shape index (κ2) is 10.8. The number of carbonyl (C=O) groups is 1. The van der Waals surface area contributed by atoms with E-state index in [2.05, 4.69) is 56.3 Å². The van der Waals surface area contributed by atoms with Crippen LogP contribution >= 0.6 is 27.3 Å². The van der Waals surface area contributed by atoms with E-state index in [0.717, 1.165) is 42.1 Å². The first-order chi connectivity index (χ1) is 18.2. The van der Waals surface area contributed by atoms with Gasteiger partial charge in [0.05, 0.1) is 10.6 Å². The summed E-state index contributed by atoms with van der Waals surface area (Å²) in [6, 6.07) is 10.5. The van der Waals surface area contributed by atoms with Crippen LogP contribution in [0.3, 0.4) is 0 Å². The second-order valence-electron chi connectivity index (χ2n) is 9.73. The normalized spacial score (nSPS) is 16.0. The molecular weight excluding hydrogens is 569 g/mol. The molecule has 3 N–H and O–H groups in total. The Labute approximate surface area is 232 Å². The molecule has 4 aromatic rings. The van der Waals surface area contributed by atoms with Gasteiger partial charge in [-0.3, -0.25) is 4.79 Å². The van der Waals surface area contributed by atoms with Gasteiger partial charge in [0.25, 0.3) is 0 Å². The fourth-order valence-electron chi connectivity index (χ4n) is 4.82. The summed E-state index contributed by atoms with van der Waals surface area (Å²) in [5.41, 5.74) is 9.95. The van der Waals surface area contributed by atoms with Gasteiger partial charge in [-0.25, -0.2) is 9.37 Å². The number of thiophene rings is 1. The predicted molar refractivity (Wildman–Crippen MR) is 150 cm³/mol. The van der Waals surface area contributed by atoms with Crippen molar-refractivity contribution >= 4 is 48.8 Å². The van der Waals surface area contributed by atoms with Crippen LogP contribution in [0.4, 0.5) is 4.39 Å². The van der Waals surface area contributed by atoms with E-state index in [9.17, 15) is 9.18 Å². The number of nitrogens with one attached hydrogen (secondary N) is 1. The number of benzene rings is 1. The summed E-state index contributed by atoms with van der Waals surface area (Å²) in [7, 11) is 0. The molecule has 0 radical (unpaired) electrons. The van der Waals surface area contributed by atoms with Gasteiger partial charge >= 0.3 is 0 Å². The lowest BCUT2D eigenvalue weighted by Crippen LogP contribution is -2.33. The van der Waals surface area contributed by atoms with Gasteiger partial charge < -0.3 is 15.5 Å². The molecule has 1 aromatic carbocycles. The SMILES string of the molecule is Cc1nnc(C2=C(CCc3ccc(F)cc3)NC(CC(C)C)=C(C(N)=O)C2c2cc3ccnc(Br)c3s2)o1. The molecular formula is C28H27BrFN5O2S. The summed E-state index contributed by atoms with van der Waals surface area (Å²) >= 11 is 5.11. The van der Waals surface area contributed by atoms with Crippen LogP contribution in [0.2, 0.25) is 0 Å². The van der Waals surface area contributed by atoms with Crippen LogP contribution in [0.1, 0.15) is 54.8 Å². The first-order valence-corrected chi connectivity index (χ1v) is 13.9. The number of nitrogens with two attached hydrogens (primary N) is 1. The van der Waals surface area contributed by atoms with Crippen LogP contribution in [-0.4, -0.2) is 21.1 Å². The molecule has 3 aromatic heterocycles. The van der Waals surface area contributed by atoms with Crippen molar-refractivity contribution in [2.75, 3.05) is 0 Å². The minimum absolute atomic E-state index is 0.274. The van der Waals surface area contributed by atoms with Crippen LogP contribution in [0.15, 0.2) is 68.6 Å². The molecule has 1 amide bonds. The number of allylic oxidation sites excluding steroid dienone is 3. The highest BCUT2D eigenvalue weighted by molar-refractivity contribution is 9.10. The lowest BCUT2D eigenvalue weighted by molar-refractivity contribution is -0.114. The highest BCUT2D eigenvalue weighted by atomic mass is 79.9. The topological polar surface area (TPSA) is 107 Å². The van der Waals surface area contributed by atoms with E-state index in [1.165, 1.54) is 12.1 Å². The van der Waals surface area contributed by atoms with E-state index in [0.29, 0.717) is 36.6 Å². The fourth-order valence-corrected chi connectivity index (χ4v) is 6.57. The summed E-state index contributed by atoms with van der Waals surface area (Å²) in [5, 5.41) is 13.0. The van der Waals surface area contributed by atoms with Crippen LogP contribution in [0.5, 0.6) is 0 Å². The summed E-state index contributed by atoms with van der Waals surface area (Å²) < 4.78 is 21.2. The molecule has 196 valence electrons. The molecule has 5 rings (SSSR count). The van der Waals surface area contributed by atoms with E-state index < -0.39 is 11.8 Å². The van der Waals surface area contributed by atoms with Gasteiger partial charge in [-0.05, 0) is 76.3 Å². The zero-order chi connectivity index (χ0) is 27.0. The summed E-state index contributed by atoms with van der Waals surface area (Å²) in [6.07, 6.45) is 3.62. The number of hydrogen-bond donors (Lipinski definition) is 2. The number of nitrogens with zero attached hydrogens (tertiary/aromatic N) is 3. The number of aromatic nitrogens is 3. The lowest BCUT2D eigenvalue weighted by Gasteiger charge is -2.32. The number of aryl methyl sites for hydroxylation is 2. The van der Waals surface area contributed by atoms with Crippen molar-refractivity contribution in [1.29, 1.82) is 0 Å². The summed E-state index contributed by atoms with van der Waals surface area (Å²) in [4.78, 5) is 18.4. The molecule has 1 aliphatic rings. The fraction of sp³-hybridized carbons (Fsp3) is 0.286. The zero-order valence-corrected chi connectivity index (χ0v) is 23.6. The maximum absolute atomic E-state index is 13.5. The molecule has 0 bridgehead atoms. The van der Waals surface area contributed by atoms with E-state index in [-0.39, 0.29) is 11.7 Å². The van der Waals surface area contributed by atoms with Crippen LogP contribution in [0, 0.1) is 18.7 Å². The maximum atomic E-state index is 13.5. The van der Waals surface area contributed by atoms with Crippen molar-refractivity contribution < 1.29 is 13.6 Å². The van der Waals surface area contributed by atoms with Crippen molar-refractivity contribution in [2.45, 2.75) is 46.0 Å². The Kier molecular flexibility index (Phi) is 7.45. The highest BCUT2D eigenvalue weighted by Gasteiger charge is 2.38. The smallest absolute Gasteiger partial charge is 0.247 e. The minimum Gasteiger partial charge on any atom is -0.421 e. The average Bonchev–Trinajstić information content (AvgIpc) is 3.49. The summed E-state index contributed by atoms with van der Waals surface area (Å²) in [6.45, 7) is 5.93. The Balaban J connectivity index is 1.71. The van der Waals surface area contributed by atoms with Gasteiger partial charge in [-0.1, -0.05) is 26.0 Å². The molecule has 0 saturated carbocycles. The van der Waals surface area contributed by atoms with Crippen molar-refractivity contribution in [1.82, 2.24) is 20.5 Å². The van der Waals surface area contributed by atoms with E-state index >= 15 is 0 Å². The Bertz CT molecular complexity index is 1570. The van der Waals surface area contributed by atoms with Gasteiger partial charge in [-0.2, -0.15) is 0 Å². The Morgan fingerprint density at radius 1 is 1.18 bits per heavy atom. The standard InChI is InChI=1S/C28H27BrFN5O2S/c1-14(2)12-20-22(27(31)36)24(21-13-17-10-11-32-26(29)25(17)38-21)23(28-35-34-15(3)37-28)19(33-20)9-6-16-4-7-18(30)8-5-16/h4-5,7-8,10-11,13-14,24,33H,6,9,12H2,1-3H3,(H2,31,36). The molecule has 4 heterocycles. The molecule has 38 heavy (non-hydrogen) atoms. The van der Waals surface area contributed by atoms with Crippen LogP contribution < -0.4 is 11.1 Å². The third-order valence-electron chi connectivity index (χ3n) is 6.43. The molecule has 0 aliphatic carbocycles. The first-order valence-electron chi connectivity index (χ1n) is 12.3. The van der Waals surface area contributed by atoms with Crippen molar-refractivity contribution in [3.8, 4) is 0 Å². The molecule has 0 saturated heterocycles. The average molecular weight is 597 g/mol. The van der Waals surface area contributed by atoms with Gasteiger partial charge in [0, 0.05) is 40.5 Å². The number of fused-ring (bicyclic) bond motifs is 1. The quantitative estimate of drug-likeness (QED) is 0.228. The number of hydrogen-bond acceptors (Lipinski definition) is 7. The molecule has 1 aliphatic heterocycles. The molecule has 0 fully saturated rings. The number of rotatable bonds is 8. The number of primary amides is 1. The maximum Gasteiger partial charge on any atom is 0.247 e. The van der Waals surface area contributed by atoms with Crippen LogP contribution in [0.25, 0.3) is 15.7 Å². The zero-order valence-electron chi connectivity index (χ0n) is 21.2. The third kappa shape index (κ3) is 5.28. The van der Waals surface area contributed by atoms with Gasteiger partial charge in [-0.15, -0.1) is 21.5 Å². The Morgan fingerprint density at radius 3 is 2.58 bits per heavy atom. The molecule has 1 unspecified atom stereocenters. The molecule has 1 atom stereocenters. The van der Waals surface area contributed by atoms with Crippen molar-refractivity contribution in [3.05, 3.63) is 92.2 Å². The summed E-state index contributed by atoms with van der Waals surface area (Å²) in [5.74, 6) is -0.242. The molecule has 10 heteroatoms. The van der Waals surface area contributed by atoms with Gasteiger partial charge in [0.15, 0.2) is 0 Å². The Morgan fingerprint density at radius 2 is 1.95 bits per heavy atom. The molecule has 7 nitrogen and oxygen atoms in total. The number of carbonyl (C=O) groups excluding carboxylic acids is 1. The lowest BCUT2D eigenvalue weighted by atomic mass is 9.81. The van der Waals surface area contributed by atoms with Gasteiger partial charge in [0.1, 0.15) is 10.4 Å². The molecule has 0 spiro atoms. The highest BCUT2D eigenvalue weighted by Crippen LogP contribution is 2.48. The first kappa shape index (κ1) is 26.2. The Hall–Kier alpha value is -3.37. The van der Waals surface area contributed by atoms with Crippen molar-refractivity contribution in [2.24, 2.45) is 11.7 Å². The van der Waals surface area contributed by atoms with Gasteiger partial charge in [0.2, 0.25) is 17.7 Å².